The van der Waals surface area contributed by atoms with Gasteiger partial charge in [-0.3, -0.25) is 4.79 Å². The molecule has 0 fully saturated rings. The molecule has 0 heterocycles. The van der Waals surface area contributed by atoms with Crippen molar-refractivity contribution in [2.75, 3.05) is 26.0 Å². The highest BCUT2D eigenvalue weighted by Gasteiger charge is 2.13. The molecule has 2 aromatic rings. The van der Waals surface area contributed by atoms with E-state index in [9.17, 15) is 4.79 Å². The molecule has 0 aliphatic heterocycles. The Morgan fingerprint density at radius 3 is 2.24 bits per heavy atom. The number of anilines is 1. The fourth-order valence-electron chi connectivity index (χ4n) is 2.44. The minimum atomic E-state index is 0.0484. The molecule has 0 saturated carbocycles. The molecule has 2 aromatic carbocycles. The van der Waals surface area contributed by atoms with Gasteiger partial charge in [0, 0.05) is 38.9 Å². The van der Waals surface area contributed by atoms with E-state index >= 15 is 0 Å². The SMILES string of the molecule is Cc1cc(C(=O)N(C)Cc2ccccc2)ccc1N(C)C. The van der Waals surface area contributed by atoms with Crippen molar-refractivity contribution in [3.63, 3.8) is 0 Å². The van der Waals surface area contributed by atoms with Gasteiger partial charge < -0.3 is 9.80 Å². The molecule has 110 valence electrons. The number of nitrogens with zero attached hydrogens (tertiary/aromatic N) is 2. The van der Waals surface area contributed by atoms with Gasteiger partial charge in [-0.05, 0) is 36.2 Å². The molecule has 0 saturated heterocycles. The second kappa shape index (κ2) is 6.44. The Bertz CT molecular complexity index is 620. The van der Waals surface area contributed by atoms with Crippen LogP contribution in [0.1, 0.15) is 21.5 Å². The minimum absolute atomic E-state index is 0.0484. The maximum atomic E-state index is 12.5. The summed E-state index contributed by atoms with van der Waals surface area (Å²) in [5, 5.41) is 0. The third-order valence-corrected chi connectivity index (χ3v) is 3.53. The quantitative estimate of drug-likeness (QED) is 0.858. The molecule has 0 bridgehead atoms. The molecule has 3 heteroatoms. The van der Waals surface area contributed by atoms with Crippen LogP contribution in [-0.4, -0.2) is 32.0 Å². The molecular weight excluding hydrogens is 260 g/mol. The zero-order chi connectivity index (χ0) is 15.4. The fourth-order valence-corrected chi connectivity index (χ4v) is 2.44. The number of benzene rings is 2. The van der Waals surface area contributed by atoms with Crippen LogP contribution in [0.3, 0.4) is 0 Å². The van der Waals surface area contributed by atoms with Crippen LogP contribution in [0.5, 0.6) is 0 Å². The fraction of sp³-hybridized carbons (Fsp3) is 0.278. The van der Waals surface area contributed by atoms with E-state index in [2.05, 4.69) is 4.90 Å². The van der Waals surface area contributed by atoms with Crippen molar-refractivity contribution in [1.29, 1.82) is 0 Å². The monoisotopic (exact) mass is 282 g/mol. The Labute approximate surface area is 126 Å². The van der Waals surface area contributed by atoms with Gasteiger partial charge in [0.15, 0.2) is 0 Å². The minimum Gasteiger partial charge on any atom is -0.377 e. The van der Waals surface area contributed by atoms with Gasteiger partial charge in [0.25, 0.3) is 5.91 Å². The summed E-state index contributed by atoms with van der Waals surface area (Å²) in [5.41, 5.74) is 4.11. The van der Waals surface area contributed by atoms with E-state index in [0.29, 0.717) is 6.54 Å². The van der Waals surface area contributed by atoms with Gasteiger partial charge in [0.05, 0.1) is 0 Å². The first-order valence-electron chi connectivity index (χ1n) is 7.06. The summed E-state index contributed by atoms with van der Waals surface area (Å²) < 4.78 is 0. The van der Waals surface area contributed by atoms with Crippen molar-refractivity contribution in [2.24, 2.45) is 0 Å². The molecular formula is C18H22N2O. The average molecular weight is 282 g/mol. The Hall–Kier alpha value is -2.29. The first-order valence-corrected chi connectivity index (χ1v) is 7.06. The number of rotatable bonds is 4. The van der Waals surface area contributed by atoms with Crippen LogP contribution < -0.4 is 4.90 Å². The maximum absolute atomic E-state index is 12.5. The summed E-state index contributed by atoms with van der Waals surface area (Å²) in [4.78, 5) is 16.3. The van der Waals surface area contributed by atoms with Crippen molar-refractivity contribution < 1.29 is 4.79 Å². The predicted molar refractivity (Wildman–Crippen MR) is 87.7 cm³/mol. The van der Waals surface area contributed by atoms with Gasteiger partial charge in [-0.15, -0.1) is 0 Å². The third-order valence-electron chi connectivity index (χ3n) is 3.53. The zero-order valence-electron chi connectivity index (χ0n) is 13.1. The summed E-state index contributed by atoms with van der Waals surface area (Å²) in [6.45, 7) is 2.65. The van der Waals surface area contributed by atoms with E-state index in [1.165, 1.54) is 0 Å². The number of carbonyl (C=O) groups excluding carboxylic acids is 1. The summed E-state index contributed by atoms with van der Waals surface area (Å²) in [6, 6.07) is 15.9. The Morgan fingerprint density at radius 2 is 1.67 bits per heavy atom. The highest BCUT2D eigenvalue weighted by Crippen LogP contribution is 2.20. The lowest BCUT2D eigenvalue weighted by Crippen LogP contribution is -2.26. The van der Waals surface area contributed by atoms with Gasteiger partial charge in [-0.2, -0.15) is 0 Å². The smallest absolute Gasteiger partial charge is 0.253 e. The van der Waals surface area contributed by atoms with Gasteiger partial charge in [-0.1, -0.05) is 30.3 Å². The summed E-state index contributed by atoms with van der Waals surface area (Å²) in [5.74, 6) is 0.0484. The van der Waals surface area contributed by atoms with Crippen LogP contribution in [0, 0.1) is 6.92 Å². The van der Waals surface area contributed by atoms with Crippen LogP contribution in [0.15, 0.2) is 48.5 Å². The molecule has 1 amide bonds. The second-order valence-electron chi connectivity index (χ2n) is 5.54. The lowest BCUT2D eigenvalue weighted by Gasteiger charge is -2.20. The maximum Gasteiger partial charge on any atom is 0.253 e. The molecule has 0 radical (unpaired) electrons. The predicted octanol–water partition coefficient (Wildman–Crippen LogP) is 3.33. The third kappa shape index (κ3) is 3.63. The summed E-state index contributed by atoms with van der Waals surface area (Å²) >= 11 is 0. The molecule has 0 unspecified atom stereocenters. The number of aryl methyl sites for hydroxylation is 1. The second-order valence-corrected chi connectivity index (χ2v) is 5.54. The van der Waals surface area contributed by atoms with Crippen molar-refractivity contribution in [3.05, 3.63) is 65.2 Å². The summed E-state index contributed by atoms with van der Waals surface area (Å²) in [7, 11) is 5.85. The molecule has 0 aliphatic carbocycles. The molecule has 0 aliphatic rings. The highest BCUT2D eigenvalue weighted by molar-refractivity contribution is 5.94. The molecule has 2 rings (SSSR count). The van der Waals surface area contributed by atoms with E-state index in [0.717, 1.165) is 22.4 Å². The topological polar surface area (TPSA) is 23.6 Å². The van der Waals surface area contributed by atoms with Crippen molar-refractivity contribution in [1.82, 2.24) is 4.90 Å². The molecule has 0 atom stereocenters. The molecule has 0 N–H and O–H groups in total. The lowest BCUT2D eigenvalue weighted by molar-refractivity contribution is 0.0785. The van der Waals surface area contributed by atoms with Gasteiger partial charge in [0.2, 0.25) is 0 Å². The van der Waals surface area contributed by atoms with Gasteiger partial charge >= 0.3 is 0 Å². The lowest BCUT2D eigenvalue weighted by atomic mass is 10.1. The number of hydrogen-bond acceptors (Lipinski definition) is 2. The van der Waals surface area contributed by atoms with Crippen LogP contribution in [0.4, 0.5) is 5.69 Å². The first-order chi connectivity index (χ1) is 9.99. The normalized spacial score (nSPS) is 10.3. The molecule has 0 spiro atoms. The number of hydrogen-bond donors (Lipinski definition) is 0. The van der Waals surface area contributed by atoms with E-state index in [1.807, 2.05) is 76.6 Å². The van der Waals surface area contributed by atoms with Crippen LogP contribution in [0.2, 0.25) is 0 Å². The summed E-state index contributed by atoms with van der Waals surface area (Å²) in [6.07, 6.45) is 0. The molecule has 21 heavy (non-hydrogen) atoms. The van der Waals surface area contributed by atoms with Crippen LogP contribution >= 0.6 is 0 Å². The van der Waals surface area contributed by atoms with Crippen LogP contribution in [0.25, 0.3) is 0 Å². The van der Waals surface area contributed by atoms with Crippen molar-refractivity contribution >= 4 is 11.6 Å². The Balaban J connectivity index is 2.14. The number of amides is 1. The highest BCUT2D eigenvalue weighted by atomic mass is 16.2. The van der Waals surface area contributed by atoms with E-state index < -0.39 is 0 Å². The van der Waals surface area contributed by atoms with E-state index in [-0.39, 0.29) is 5.91 Å². The van der Waals surface area contributed by atoms with E-state index in [1.54, 1.807) is 4.90 Å². The first kappa shape index (κ1) is 15.1. The zero-order valence-corrected chi connectivity index (χ0v) is 13.1. The average Bonchev–Trinajstić information content (AvgIpc) is 2.47. The van der Waals surface area contributed by atoms with E-state index in [4.69, 9.17) is 0 Å². The Kier molecular flexibility index (Phi) is 4.63. The molecule has 0 aromatic heterocycles. The van der Waals surface area contributed by atoms with Crippen molar-refractivity contribution in [2.45, 2.75) is 13.5 Å². The number of carbonyl (C=O) groups is 1. The standard InChI is InChI=1S/C18H22N2O/c1-14-12-16(10-11-17(14)19(2)3)18(21)20(4)13-15-8-6-5-7-9-15/h5-12H,13H2,1-4H3. The largest absolute Gasteiger partial charge is 0.377 e. The molecule has 3 nitrogen and oxygen atoms in total. The Morgan fingerprint density at radius 1 is 1.00 bits per heavy atom. The van der Waals surface area contributed by atoms with Crippen LogP contribution in [-0.2, 0) is 6.54 Å². The van der Waals surface area contributed by atoms with Crippen molar-refractivity contribution in [3.8, 4) is 0 Å². The van der Waals surface area contributed by atoms with Gasteiger partial charge in [0.1, 0.15) is 0 Å². The van der Waals surface area contributed by atoms with Gasteiger partial charge in [-0.25, -0.2) is 0 Å².